The first-order valence-corrected chi connectivity index (χ1v) is 8.04. The topological polar surface area (TPSA) is 64.9 Å². The maximum Gasteiger partial charge on any atom is 0.257 e. The van der Waals surface area contributed by atoms with Crippen LogP contribution in [0.3, 0.4) is 0 Å². The predicted molar refractivity (Wildman–Crippen MR) is 83.5 cm³/mol. The average molecular weight is 291 g/mol. The van der Waals surface area contributed by atoms with Crippen molar-refractivity contribution in [2.75, 3.05) is 12.3 Å². The van der Waals surface area contributed by atoms with E-state index < -0.39 is 0 Å². The number of nitrogens with two attached hydrogens (primary N) is 1. The Bertz CT molecular complexity index is 539. The van der Waals surface area contributed by atoms with E-state index in [0.717, 1.165) is 29.3 Å². The van der Waals surface area contributed by atoms with Gasteiger partial charge in [-0.05, 0) is 42.3 Å². The smallest absolute Gasteiger partial charge is 0.257 e. The second kappa shape index (κ2) is 7.45. The van der Waals surface area contributed by atoms with Gasteiger partial charge in [0.05, 0.1) is 5.75 Å². The molecule has 2 aromatic rings. The van der Waals surface area contributed by atoms with Gasteiger partial charge in [-0.2, -0.15) is 16.7 Å². The van der Waals surface area contributed by atoms with E-state index in [-0.39, 0.29) is 0 Å². The highest BCUT2D eigenvalue weighted by Crippen LogP contribution is 2.20. The van der Waals surface area contributed by atoms with Crippen LogP contribution in [-0.4, -0.2) is 22.4 Å². The van der Waals surface area contributed by atoms with E-state index in [9.17, 15) is 0 Å². The van der Waals surface area contributed by atoms with Crippen LogP contribution in [0.4, 0.5) is 0 Å². The average Bonchev–Trinajstić information content (AvgIpc) is 2.88. The van der Waals surface area contributed by atoms with E-state index in [1.807, 2.05) is 23.9 Å². The largest absolute Gasteiger partial charge is 0.334 e. The van der Waals surface area contributed by atoms with Crippen LogP contribution >= 0.6 is 11.8 Å². The molecule has 20 heavy (non-hydrogen) atoms. The molecular weight excluding hydrogens is 270 g/mol. The normalized spacial score (nSPS) is 11.2. The van der Waals surface area contributed by atoms with Crippen LogP contribution in [0.2, 0.25) is 0 Å². The molecule has 2 rings (SSSR count). The van der Waals surface area contributed by atoms with Gasteiger partial charge in [0.1, 0.15) is 0 Å². The highest BCUT2D eigenvalue weighted by molar-refractivity contribution is 7.98. The summed E-state index contributed by atoms with van der Waals surface area (Å²) >= 11 is 1.83. The standard InChI is InChI=1S/C15H21N3OS/c1-11(2)9-20-10-14-17-15(19-18-14)13-5-3-4-12(8-13)6-7-16/h3-5,8,11H,6-7,9-10,16H2,1-2H3. The van der Waals surface area contributed by atoms with Crippen LogP contribution in [0.15, 0.2) is 28.8 Å². The molecule has 108 valence electrons. The first kappa shape index (κ1) is 15.1. The molecule has 0 saturated carbocycles. The lowest BCUT2D eigenvalue weighted by Crippen LogP contribution is -2.02. The Morgan fingerprint density at radius 1 is 1.35 bits per heavy atom. The molecule has 0 aliphatic rings. The fraction of sp³-hybridized carbons (Fsp3) is 0.467. The summed E-state index contributed by atoms with van der Waals surface area (Å²) in [6, 6.07) is 8.10. The summed E-state index contributed by atoms with van der Waals surface area (Å²) in [7, 11) is 0. The van der Waals surface area contributed by atoms with Gasteiger partial charge in [0.2, 0.25) is 0 Å². The quantitative estimate of drug-likeness (QED) is 0.849. The van der Waals surface area contributed by atoms with Crippen molar-refractivity contribution in [3.05, 3.63) is 35.7 Å². The Hall–Kier alpha value is -1.33. The fourth-order valence-electron chi connectivity index (χ4n) is 1.84. The number of nitrogens with zero attached hydrogens (tertiary/aromatic N) is 2. The molecule has 0 fully saturated rings. The van der Waals surface area contributed by atoms with E-state index >= 15 is 0 Å². The van der Waals surface area contributed by atoms with Crippen molar-refractivity contribution >= 4 is 11.8 Å². The van der Waals surface area contributed by atoms with Crippen LogP contribution in [-0.2, 0) is 12.2 Å². The lowest BCUT2D eigenvalue weighted by atomic mass is 10.1. The van der Waals surface area contributed by atoms with Gasteiger partial charge in [-0.15, -0.1) is 0 Å². The monoisotopic (exact) mass is 291 g/mol. The van der Waals surface area contributed by atoms with Crippen molar-refractivity contribution in [3.8, 4) is 11.5 Å². The van der Waals surface area contributed by atoms with Gasteiger partial charge in [-0.25, -0.2) is 0 Å². The third kappa shape index (κ3) is 4.35. The number of rotatable bonds is 7. The highest BCUT2D eigenvalue weighted by atomic mass is 32.2. The molecule has 0 bridgehead atoms. The van der Waals surface area contributed by atoms with Gasteiger partial charge >= 0.3 is 0 Å². The van der Waals surface area contributed by atoms with Gasteiger partial charge in [-0.1, -0.05) is 31.1 Å². The van der Waals surface area contributed by atoms with E-state index in [0.29, 0.717) is 18.4 Å². The molecule has 0 spiro atoms. The maximum atomic E-state index is 5.58. The molecule has 0 radical (unpaired) electrons. The molecule has 5 heteroatoms. The van der Waals surface area contributed by atoms with Crippen molar-refractivity contribution in [3.63, 3.8) is 0 Å². The van der Waals surface area contributed by atoms with Gasteiger partial charge in [0, 0.05) is 5.56 Å². The lowest BCUT2D eigenvalue weighted by Gasteiger charge is -2.01. The van der Waals surface area contributed by atoms with Gasteiger partial charge < -0.3 is 10.3 Å². The van der Waals surface area contributed by atoms with E-state index in [4.69, 9.17) is 10.3 Å². The minimum atomic E-state index is 0.587. The molecule has 0 aliphatic heterocycles. The third-order valence-corrected chi connectivity index (χ3v) is 4.12. The molecule has 0 saturated heterocycles. The molecule has 0 atom stereocenters. The summed E-state index contributed by atoms with van der Waals surface area (Å²) in [4.78, 5) is 4.45. The number of hydrogen-bond donors (Lipinski definition) is 1. The van der Waals surface area contributed by atoms with Crippen LogP contribution in [0.1, 0.15) is 25.2 Å². The predicted octanol–water partition coefficient (Wildman–Crippen LogP) is 3.13. The van der Waals surface area contributed by atoms with Crippen molar-refractivity contribution in [1.82, 2.24) is 10.1 Å². The highest BCUT2D eigenvalue weighted by Gasteiger charge is 2.09. The van der Waals surface area contributed by atoms with Crippen molar-refractivity contribution in [2.45, 2.75) is 26.0 Å². The molecule has 0 amide bonds. The van der Waals surface area contributed by atoms with Gasteiger partial charge in [0.15, 0.2) is 5.82 Å². The molecule has 0 unspecified atom stereocenters. The zero-order chi connectivity index (χ0) is 14.4. The van der Waals surface area contributed by atoms with Crippen molar-refractivity contribution in [1.29, 1.82) is 0 Å². The third-order valence-electron chi connectivity index (χ3n) is 2.76. The number of aromatic nitrogens is 2. The summed E-state index contributed by atoms with van der Waals surface area (Å²) in [5.74, 6) is 3.93. The molecule has 1 aromatic carbocycles. The van der Waals surface area contributed by atoms with Gasteiger partial charge in [-0.3, -0.25) is 0 Å². The Morgan fingerprint density at radius 2 is 2.20 bits per heavy atom. The fourth-order valence-corrected chi connectivity index (χ4v) is 2.73. The van der Waals surface area contributed by atoms with Gasteiger partial charge in [0.25, 0.3) is 5.89 Å². The second-order valence-electron chi connectivity index (χ2n) is 5.16. The van der Waals surface area contributed by atoms with Crippen LogP contribution in [0.25, 0.3) is 11.5 Å². The SMILES string of the molecule is CC(C)CSCc1noc(-c2cccc(CCN)c2)n1. The Labute approximate surface area is 124 Å². The summed E-state index contributed by atoms with van der Waals surface area (Å²) in [6.07, 6.45) is 0.860. The number of benzene rings is 1. The second-order valence-corrected chi connectivity index (χ2v) is 6.19. The summed E-state index contributed by atoms with van der Waals surface area (Å²) in [6.45, 7) is 5.06. The summed E-state index contributed by atoms with van der Waals surface area (Å²) in [5, 5.41) is 4.03. The maximum absolute atomic E-state index is 5.58. The van der Waals surface area contributed by atoms with Crippen molar-refractivity contribution in [2.24, 2.45) is 11.7 Å². The molecule has 0 aliphatic carbocycles. The molecule has 1 aromatic heterocycles. The molecule has 4 nitrogen and oxygen atoms in total. The Morgan fingerprint density at radius 3 is 2.95 bits per heavy atom. The van der Waals surface area contributed by atoms with Crippen LogP contribution < -0.4 is 5.73 Å². The first-order chi connectivity index (χ1) is 9.69. The Balaban J connectivity index is 2.02. The molecule has 2 N–H and O–H groups in total. The van der Waals surface area contributed by atoms with E-state index in [1.165, 1.54) is 5.56 Å². The van der Waals surface area contributed by atoms with Crippen LogP contribution in [0, 0.1) is 5.92 Å². The first-order valence-electron chi connectivity index (χ1n) is 6.88. The summed E-state index contributed by atoms with van der Waals surface area (Å²) in [5.41, 5.74) is 7.73. The number of hydrogen-bond acceptors (Lipinski definition) is 5. The zero-order valence-electron chi connectivity index (χ0n) is 12.0. The number of thioether (sulfide) groups is 1. The van der Waals surface area contributed by atoms with Crippen molar-refractivity contribution < 1.29 is 4.52 Å². The molecule has 1 heterocycles. The van der Waals surface area contributed by atoms with E-state index in [2.05, 4.69) is 36.1 Å². The van der Waals surface area contributed by atoms with E-state index in [1.54, 1.807) is 0 Å². The molecular formula is C15H21N3OS. The minimum Gasteiger partial charge on any atom is -0.334 e. The minimum absolute atomic E-state index is 0.587. The Kier molecular flexibility index (Phi) is 5.61. The summed E-state index contributed by atoms with van der Waals surface area (Å²) < 4.78 is 5.34. The lowest BCUT2D eigenvalue weighted by molar-refractivity contribution is 0.425. The zero-order valence-corrected chi connectivity index (χ0v) is 12.8. The van der Waals surface area contributed by atoms with Crippen LogP contribution in [0.5, 0.6) is 0 Å².